The Bertz CT molecular complexity index is 721. The molecule has 27 heavy (non-hydrogen) atoms. The predicted molar refractivity (Wildman–Crippen MR) is 92.0 cm³/mol. The van der Waals surface area contributed by atoms with Crippen molar-refractivity contribution in [3.05, 3.63) is 11.3 Å². The zero-order chi connectivity index (χ0) is 21.0. The Morgan fingerprint density at radius 1 is 1.19 bits per heavy atom. The van der Waals surface area contributed by atoms with Gasteiger partial charge in [-0.25, -0.2) is 13.5 Å². The third-order valence-electron chi connectivity index (χ3n) is 4.90. The largest absolute Gasteiger partial charge is 0.394 e. The van der Waals surface area contributed by atoms with Crippen molar-refractivity contribution in [3.8, 4) is 0 Å². The molecular formula is C18H26F5N3O. The summed E-state index contributed by atoms with van der Waals surface area (Å²) in [6.07, 6.45) is -5.90. The standard InChI is InChI=1S/C18H26F5N3O/c1-10-13(11-7-17(19,20)8-11)25-26(15(2,3)4)14(10)24-12(27)9-16(5,6)18(21,22)23/h11H,7-9H2,1-6H3,(H,24,27). The average molecular weight is 395 g/mol. The Hall–Kier alpha value is -1.67. The monoisotopic (exact) mass is 395 g/mol. The van der Waals surface area contributed by atoms with Crippen molar-refractivity contribution in [2.75, 3.05) is 5.32 Å². The molecule has 0 aliphatic heterocycles. The van der Waals surface area contributed by atoms with E-state index in [1.165, 1.54) is 4.68 Å². The molecule has 0 aromatic carbocycles. The van der Waals surface area contributed by atoms with E-state index in [0.29, 0.717) is 11.3 Å². The second-order valence-corrected chi connectivity index (χ2v) is 9.01. The average Bonchev–Trinajstić information content (AvgIpc) is 2.71. The molecule has 0 unspecified atom stereocenters. The number of amides is 1. The first-order chi connectivity index (χ1) is 11.9. The lowest BCUT2D eigenvalue weighted by Gasteiger charge is -2.34. The van der Waals surface area contributed by atoms with Gasteiger partial charge in [-0.3, -0.25) is 4.79 Å². The number of halogens is 5. The number of carbonyl (C=O) groups is 1. The number of hydrogen-bond donors (Lipinski definition) is 1. The maximum absolute atomic E-state index is 13.2. The van der Waals surface area contributed by atoms with E-state index >= 15 is 0 Å². The molecule has 1 fully saturated rings. The molecule has 0 spiro atoms. The van der Waals surface area contributed by atoms with Gasteiger partial charge in [0.15, 0.2) is 0 Å². The molecule has 0 saturated heterocycles. The molecule has 1 amide bonds. The molecule has 0 radical (unpaired) electrons. The zero-order valence-electron chi connectivity index (χ0n) is 16.4. The third kappa shape index (κ3) is 4.43. The Balaban J connectivity index is 2.30. The van der Waals surface area contributed by atoms with E-state index in [1.807, 2.05) is 20.8 Å². The molecule has 1 saturated carbocycles. The van der Waals surface area contributed by atoms with E-state index in [-0.39, 0.29) is 18.7 Å². The molecule has 1 aromatic rings. The lowest BCUT2D eigenvalue weighted by Crippen LogP contribution is -2.36. The minimum absolute atomic E-state index is 0.260. The van der Waals surface area contributed by atoms with E-state index in [2.05, 4.69) is 10.4 Å². The smallest absolute Gasteiger partial charge is 0.311 e. The molecular weight excluding hydrogens is 369 g/mol. The summed E-state index contributed by atoms with van der Waals surface area (Å²) < 4.78 is 67.1. The molecule has 1 heterocycles. The van der Waals surface area contributed by atoms with E-state index < -0.39 is 41.3 Å². The number of alkyl halides is 5. The highest BCUT2D eigenvalue weighted by Crippen LogP contribution is 2.49. The number of hydrogen-bond acceptors (Lipinski definition) is 2. The maximum Gasteiger partial charge on any atom is 0.394 e. The molecule has 1 aliphatic carbocycles. The quantitative estimate of drug-likeness (QED) is 0.696. The molecule has 9 heteroatoms. The molecule has 0 atom stereocenters. The lowest BCUT2D eigenvalue weighted by molar-refractivity contribution is -0.213. The van der Waals surface area contributed by atoms with Gasteiger partial charge in [0.25, 0.3) is 0 Å². The van der Waals surface area contributed by atoms with Gasteiger partial charge < -0.3 is 5.32 Å². The summed E-state index contributed by atoms with van der Waals surface area (Å²) in [5, 5.41) is 6.95. The number of nitrogens with zero attached hydrogens (tertiary/aromatic N) is 2. The van der Waals surface area contributed by atoms with E-state index in [4.69, 9.17) is 0 Å². The fourth-order valence-electron chi connectivity index (χ4n) is 3.07. The predicted octanol–water partition coefficient (Wildman–Crippen LogP) is 5.38. The zero-order valence-corrected chi connectivity index (χ0v) is 16.4. The van der Waals surface area contributed by atoms with Crippen LogP contribution in [0.5, 0.6) is 0 Å². The van der Waals surface area contributed by atoms with Crippen LogP contribution in [0.2, 0.25) is 0 Å². The summed E-state index contributed by atoms with van der Waals surface area (Å²) in [6, 6.07) is 0. The SMILES string of the molecule is Cc1c(C2CC(F)(F)C2)nn(C(C)(C)C)c1NC(=O)CC(C)(C)C(F)(F)F. The van der Waals surface area contributed by atoms with Crippen molar-refractivity contribution in [1.82, 2.24) is 9.78 Å². The van der Waals surface area contributed by atoms with Crippen LogP contribution in [0.3, 0.4) is 0 Å². The van der Waals surface area contributed by atoms with Crippen LogP contribution >= 0.6 is 0 Å². The number of rotatable bonds is 4. The van der Waals surface area contributed by atoms with Crippen molar-refractivity contribution in [2.45, 2.75) is 84.4 Å². The van der Waals surface area contributed by atoms with Gasteiger partial charge in [-0.15, -0.1) is 0 Å². The molecule has 2 rings (SSSR count). The van der Waals surface area contributed by atoms with Crippen LogP contribution in [0.25, 0.3) is 0 Å². The highest BCUT2D eigenvalue weighted by Gasteiger charge is 2.49. The number of nitrogens with one attached hydrogen (secondary N) is 1. The van der Waals surface area contributed by atoms with Crippen LogP contribution in [0.4, 0.5) is 27.8 Å². The Morgan fingerprint density at radius 3 is 2.11 bits per heavy atom. The number of aromatic nitrogens is 2. The summed E-state index contributed by atoms with van der Waals surface area (Å²) in [5.74, 6) is -3.68. The van der Waals surface area contributed by atoms with Crippen molar-refractivity contribution >= 4 is 11.7 Å². The fourth-order valence-corrected chi connectivity index (χ4v) is 3.07. The summed E-state index contributed by atoms with van der Waals surface area (Å²) in [4.78, 5) is 12.3. The minimum atomic E-state index is -4.52. The molecule has 1 N–H and O–H groups in total. The molecule has 0 bridgehead atoms. The number of carbonyl (C=O) groups excluding carboxylic acids is 1. The van der Waals surface area contributed by atoms with Gasteiger partial charge in [0.1, 0.15) is 5.82 Å². The van der Waals surface area contributed by atoms with Gasteiger partial charge in [-0.2, -0.15) is 18.3 Å². The normalized spacial score (nSPS) is 18.3. The summed E-state index contributed by atoms with van der Waals surface area (Å²) in [7, 11) is 0. The van der Waals surface area contributed by atoms with Gasteiger partial charge in [0, 0.05) is 30.7 Å². The van der Waals surface area contributed by atoms with E-state index in [9.17, 15) is 26.7 Å². The van der Waals surface area contributed by atoms with Crippen molar-refractivity contribution in [3.63, 3.8) is 0 Å². The lowest BCUT2D eigenvalue weighted by atomic mass is 9.78. The first kappa shape index (κ1) is 21.6. The van der Waals surface area contributed by atoms with E-state index in [0.717, 1.165) is 13.8 Å². The highest BCUT2D eigenvalue weighted by atomic mass is 19.4. The topological polar surface area (TPSA) is 46.9 Å². The van der Waals surface area contributed by atoms with Crippen LogP contribution in [-0.4, -0.2) is 27.8 Å². The minimum Gasteiger partial charge on any atom is -0.311 e. The first-order valence-electron chi connectivity index (χ1n) is 8.79. The van der Waals surface area contributed by atoms with Crippen LogP contribution in [0.1, 0.15) is 71.1 Å². The molecule has 1 aliphatic rings. The Labute approximate surface area is 155 Å². The first-order valence-corrected chi connectivity index (χ1v) is 8.79. The van der Waals surface area contributed by atoms with E-state index in [1.54, 1.807) is 6.92 Å². The summed E-state index contributed by atoms with van der Waals surface area (Å²) in [5.41, 5.74) is -1.79. The van der Waals surface area contributed by atoms with Gasteiger partial charge in [-0.1, -0.05) is 13.8 Å². The van der Waals surface area contributed by atoms with Gasteiger partial charge in [-0.05, 0) is 27.7 Å². The second-order valence-electron chi connectivity index (χ2n) is 9.01. The molecule has 1 aromatic heterocycles. The Kier molecular flexibility index (Phi) is 5.16. The third-order valence-corrected chi connectivity index (χ3v) is 4.90. The van der Waals surface area contributed by atoms with Crippen LogP contribution < -0.4 is 5.32 Å². The Morgan fingerprint density at radius 2 is 1.70 bits per heavy atom. The fraction of sp³-hybridized carbons (Fsp3) is 0.778. The second kappa shape index (κ2) is 6.44. The highest BCUT2D eigenvalue weighted by molar-refractivity contribution is 5.91. The van der Waals surface area contributed by atoms with Crippen molar-refractivity contribution in [1.29, 1.82) is 0 Å². The summed E-state index contributed by atoms with van der Waals surface area (Å²) >= 11 is 0. The molecule has 4 nitrogen and oxygen atoms in total. The summed E-state index contributed by atoms with van der Waals surface area (Å²) in [6.45, 7) is 9.01. The van der Waals surface area contributed by atoms with Gasteiger partial charge >= 0.3 is 6.18 Å². The van der Waals surface area contributed by atoms with Crippen molar-refractivity contribution in [2.24, 2.45) is 5.41 Å². The van der Waals surface area contributed by atoms with Crippen LogP contribution in [0.15, 0.2) is 0 Å². The molecule has 154 valence electrons. The maximum atomic E-state index is 13.2. The number of anilines is 1. The van der Waals surface area contributed by atoms with Gasteiger partial charge in [0.2, 0.25) is 11.8 Å². The van der Waals surface area contributed by atoms with Crippen LogP contribution in [-0.2, 0) is 10.3 Å². The van der Waals surface area contributed by atoms with Gasteiger partial charge in [0.05, 0.1) is 16.6 Å². The van der Waals surface area contributed by atoms with Crippen molar-refractivity contribution < 1.29 is 26.7 Å². The van der Waals surface area contributed by atoms with Crippen LogP contribution in [0, 0.1) is 12.3 Å².